The number of hydrogen-bond donors (Lipinski definition) is 2. The fraction of sp³-hybridized carbons (Fsp3) is 0.600. The summed E-state index contributed by atoms with van der Waals surface area (Å²) in [4.78, 5) is 0. The molecule has 0 aromatic heterocycles. The van der Waals surface area contributed by atoms with Crippen LogP contribution in [0.1, 0.15) is 36.5 Å². The van der Waals surface area contributed by atoms with Crippen molar-refractivity contribution in [2.24, 2.45) is 0 Å². The van der Waals surface area contributed by atoms with E-state index in [9.17, 15) is 0 Å². The van der Waals surface area contributed by atoms with Crippen LogP contribution in [-0.4, -0.2) is 25.7 Å². The lowest BCUT2D eigenvalue weighted by atomic mass is 9.94. The molecule has 0 amide bonds. The summed E-state index contributed by atoms with van der Waals surface area (Å²) in [6.45, 7) is 10.0. The Morgan fingerprint density at radius 3 is 2.76 bits per heavy atom. The fourth-order valence-corrected chi connectivity index (χ4v) is 2.39. The zero-order valence-electron chi connectivity index (χ0n) is 11.2. The van der Waals surface area contributed by atoms with E-state index in [2.05, 4.69) is 49.6 Å². The van der Waals surface area contributed by atoms with E-state index in [-0.39, 0.29) is 0 Å². The minimum Gasteiger partial charge on any atom is -0.314 e. The van der Waals surface area contributed by atoms with Gasteiger partial charge in [-0.25, -0.2) is 0 Å². The lowest BCUT2D eigenvalue weighted by Gasteiger charge is -2.25. The average molecular weight is 232 g/mol. The Bertz CT molecular complexity index is 365. The maximum absolute atomic E-state index is 3.58. The Hall–Kier alpha value is -0.860. The van der Waals surface area contributed by atoms with Crippen molar-refractivity contribution in [2.45, 2.75) is 39.2 Å². The Kier molecular flexibility index (Phi) is 4.19. The minimum atomic E-state index is 0.588. The monoisotopic (exact) mass is 232 g/mol. The molecule has 1 unspecified atom stereocenters. The standard InChI is InChI=1S/C15H24N2/c1-11(2)13-5-4-12(3)14(8-13)9-15-10-16-6-7-17-15/h4-5,8,11,15-17H,6-7,9-10H2,1-3H3. The van der Waals surface area contributed by atoms with Crippen molar-refractivity contribution in [1.82, 2.24) is 10.6 Å². The predicted octanol–water partition coefficient (Wildman–Crippen LogP) is 2.22. The maximum Gasteiger partial charge on any atom is 0.0233 e. The zero-order valence-corrected chi connectivity index (χ0v) is 11.2. The molecule has 1 aliphatic rings. The van der Waals surface area contributed by atoms with Crippen LogP contribution in [0.2, 0.25) is 0 Å². The second-order valence-corrected chi connectivity index (χ2v) is 5.40. The van der Waals surface area contributed by atoms with E-state index < -0.39 is 0 Å². The molecule has 2 nitrogen and oxygen atoms in total. The Morgan fingerprint density at radius 1 is 1.29 bits per heavy atom. The first kappa shape index (κ1) is 12.6. The summed E-state index contributed by atoms with van der Waals surface area (Å²) in [5, 5.41) is 7.03. The second kappa shape index (κ2) is 5.65. The van der Waals surface area contributed by atoms with Crippen LogP contribution in [0.4, 0.5) is 0 Å². The van der Waals surface area contributed by atoms with Crippen molar-refractivity contribution >= 4 is 0 Å². The van der Waals surface area contributed by atoms with Gasteiger partial charge in [0.2, 0.25) is 0 Å². The van der Waals surface area contributed by atoms with Gasteiger partial charge in [-0.1, -0.05) is 32.0 Å². The normalized spacial score (nSPS) is 20.8. The van der Waals surface area contributed by atoms with E-state index in [0.717, 1.165) is 26.1 Å². The quantitative estimate of drug-likeness (QED) is 0.835. The molecule has 0 bridgehead atoms. The highest BCUT2D eigenvalue weighted by molar-refractivity contribution is 5.33. The third-order valence-electron chi connectivity index (χ3n) is 3.63. The van der Waals surface area contributed by atoms with Crippen LogP contribution in [0.3, 0.4) is 0 Å². The lowest BCUT2D eigenvalue weighted by molar-refractivity contribution is 0.416. The summed E-state index contributed by atoms with van der Waals surface area (Å²) in [5.74, 6) is 0.617. The van der Waals surface area contributed by atoms with Crippen LogP contribution in [0.25, 0.3) is 0 Å². The molecule has 1 fully saturated rings. The summed E-state index contributed by atoms with van der Waals surface area (Å²) >= 11 is 0. The van der Waals surface area contributed by atoms with Crippen LogP contribution < -0.4 is 10.6 Å². The summed E-state index contributed by atoms with van der Waals surface area (Å²) < 4.78 is 0. The predicted molar refractivity (Wildman–Crippen MR) is 73.6 cm³/mol. The van der Waals surface area contributed by atoms with Crippen molar-refractivity contribution in [3.8, 4) is 0 Å². The molecule has 1 saturated heterocycles. The molecule has 1 aromatic carbocycles. The molecule has 17 heavy (non-hydrogen) atoms. The first-order valence-corrected chi connectivity index (χ1v) is 6.70. The number of benzene rings is 1. The first-order chi connectivity index (χ1) is 8.16. The molecule has 2 N–H and O–H groups in total. The molecule has 1 heterocycles. The summed E-state index contributed by atoms with van der Waals surface area (Å²) in [6, 6.07) is 7.50. The molecule has 0 spiro atoms. The average Bonchev–Trinajstić information content (AvgIpc) is 2.33. The molecule has 0 aliphatic carbocycles. The fourth-order valence-electron chi connectivity index (χ4n) is 2.39. The molecule has 0 radical (unpaired) electrons. The van der Waals surface area contributed by atoms with E-state index in [1.807, 2.05) is 0 Å². The van der Waals surface area contributed by atoms with Crippen LogP contribution in [-0.2, 0) is 6.42 Å². The highest BCUT2D eigenvalue weighted by atomic mass is 15.0. The molecule has 94 valence electrons. The second-order valence-electron chi connectivity index (χ2n) is 5.40. The van der Waals surface area contributed by atoms with Crippen LogP contribution in [0.15, 0.2) is 18.2 Å². The number of nitrogens with one attached hydrogen (secondary N) is 2. The van der Waals surface area contributed by atoms with Crippen molar-refractivity contribution < 1.29 is 0 Å². The van der Waals surface area contributed by atoms with E-state index in [4.69, 9.17) is 0 Å². The van der Waals surface area contributed by atoms with Gasteiger partial charge in [0, 0.05) is 25.7 Å². The van der Waals surface area contributed by atoms with Crippen LogP contribution in [0, 0.1) is 6.92 Å². The molecule has 2 rings (SSSR count). The van der Waals surface area contributed by atoms with Crippen molar-refractivity contribution in [1.29, 1.82) is 0 Å². The van der Waals surface area contributed by atoms with E-state index in [1.54, 1.807) is 0 Å². The third kappa shape index (κ3) is 3.30. The van der Waals surface area contributed by atoms with Gasteiger partial charge in [0.25, 0.3) is 0 Å². The maximum atomic E-state index is 3.58. The molecule has 1 atom stereocenters. The van der Waals surface area contributed by atoms with Gasteiger partial charge in [-0.15, -0.1) is 0 Å². The Balaban J connectivity index is 2.10. The van der Waals surface area contributed by atoms with Crippen LogP contribution >= 0.6 is 0 Å². The summed E-state index contributed by atoms with van der Waals surface area (Å²) in [5.41, 5.74) is 4.37. The molecular weight excluding hydrogens is 208 g/mol. The van der Waals surface area contributed by atoms with Gasteiger partial charge in [-0.05, 0) is 36.0 Å². The first-order valence-electron chi connectivity index (χ1n) is 6.70. The zero-order chi connectivity index (χ0) is 12.3. The van der Waals surface area contributed by atoms with Gasteiger partial charge in [-0.3, -0.25) is 0 Å². The lowest BCUT2D eigenvalue weighted by Crippen LogP contribution is -2.49. The summed E-state index contributed by atoms with van der Waals surface area (Å²) in [7, 11) is 0. The third-order valence-corrected chi connectivity index (χ3v) is 3.63. The number of aryl methyl sites for hydroxylation is 1. The number of rotatable bonds is 3. The van der Waals surface area contributed by atoms with Gasteiger partial charge in [0.05, 0.1) is 0 Å². The van der Waals surface area contributed by atoms with Gasteiger partial charge in [0.15, 0.2) is 0 Å². The van der Waals surface area contributed by atoms with Gasteiger partial charge < -0.3 is 10.6 Å². The van der Waals surface area contributed by atoms with Crippen molar-refractivity contribution in [3.05, 3.63) is 34.9 Å². The number of hydrogen-bond acceptors (Lipinski definition) is 2. The van der Waals surface area contributed by atoms with Gasteiger partial charge >= 0.3 is 0 Å². The smallest absolute Gasteiger partial charge is 0.0233 e. The van der Waals surface area contributed by atoms with Gasteiger partial charge in [0.1, 0.15) is 0 Å². The highest BCUT2D eigenvalue weighted by Crippen LogP contribution is 2.19. The van der Waals surface area contributed by atoms with E-state index >= 15 is 0 Å². The topological polar surface area (TPSA) is 24.1 Å². The van der Waals surface area contributed by atoms with Gasteiger partial charge in [-0.2, -0.15) is 0 Å². The SMILES string of the molecule is Cc1ccc(C(C)C)cc1CC1CNCCN1. The Morgan fingerprint density at radius 2 is 2.12 bits per heavy atom. The van der Waals surface area contributed by atoms with Crippen LogP contribution in [0.5, 0.6) is 0 Å². The molecule has 0 saturated carbocycles. The Labute approximate surface area is 105 Å². The molecule has 1 aliphatic heterocycles. The van der Waals surface area contributed by atoms with E-state index in [0.29, 0.717) is 12.0 Å². The highest BCUT2D eigenvalue weighted by Gasteiger charge is 2.14. The molecule has 2 heteroatoms. The van der Waals surface area contributed by atoms with E-state index in [1.165, 1.54) is 16.7 Å². The molecular formula is C15H24N2. The molecule has 1 aromatic rings. The largest absolute Gasteiger partial charge is 0.314 e. The number of piperazine rings is 1. The van der Waals surface area contributed by atoms with Crippen molar-refractivity contribution in [2.75, 3.05) is 19.6 Å². The summed E-state index contributed by atoms with van der Waals surface area (Å²) in [6.07, 6.45) is 1.14. The van der Waals surface area contributed by atoms with Crippen molar-refractivity contribution in [3.63, 3.8) is 0 Å². The minimum absolute atomic E-state index is 0.588.